The minimum Gasteiger partial charge on any atom is -0.426 e. The Morgan fingerprint density at radius 2 is 1.80 bits per heavy atom. The molecule has 0 bridgehead atoms. The number of carbonyl (C=O) groups excluding carboxylic acids is 3. The number of esters is 1. The van der Waals surface area contributed by atoms with Crippen LogP contribution >= 0.6 is 0 Å². The van der Waals surface area contributed by atoms with Crippen LogP contribution in [-0.2, 0) is 9.59 Å². The first-order valence-corrected chi connectivity index (χ1v) is 7.83. The molecule has 1 heterocycles. The molecule has 0 radical (unpaired) electrons. The van der Waals surface area contributed by atoms with Gasteiger partial charge in [-0.05, 0) is 43.3 Å². The van der Waals surface area contributed by atoms with Gasteiger partial charge in [0.15, 0.2) is 5.78 Å². The molecule has 0 N–H and O–H groups in total. The smallest absolute Gasteiger partial charge is 0.316 e. The minimum atomic E-state index is -0.667. The molecule has 1 fully saturated rings. The Labute approximate surface area is 144 Å². The highest BCUT2D eigenvalue weighted by molar-refractivity contribution is 5.99. The predicted molar refractivity (Wildman–Crippen MR) is 88.9 cm³/mol. The lowest BCUT2D eigenvalue weighted by Gasteiger charge is -2.17. The Morgan fingerprint density at radius 3 is 2.44 bits per heavy atom. The summed E-state index contributed by atoms with van der Waals surface area (Å²) >= 11 is 0. The number of benzene rings is 2. The summed E-state index contributed by atoms with van der Waals surface area (Å²) in [5.74, 6) is -1.84. The largest absolute Gasteiger partial charge is 0.426 e. The molecule has 1 amide bonds. The average molecular weight is 341 g/mol. The number of para-hydroxylation sites is 1. The van der Waals surface area contributed by atoms with E-state index in [-0.39, 0.29) is 30.3 Å². The number of hydrogen-bond donors (Lipinski definition) is 0. The van der Waals surface area contributed by atoms with Crippen molar-refractivity contribution < 1.29 is 23.5 Å². The lowest BCUT2D eigenvalue weighted by molar-refractivity contribution is -0.139. The van der Waals surface area contributed by atoms with E-state index in [1.54, 1.807) is 18.2 Å². The molecular formula is C19H16FNO4. The Morgan fingerprint density at radius 1 is 1.12 bits per heavy atom. The van der Waals surface area contributed by atoms with E-state index in [1.807, 2.05) is 0 Å². The molecule has 6 heteroatoms. The van der Waals surface area contributed by atoms with Crippen LogP contribution < -0.4 is 9.64 Å². The number of ketones is 1. The number of hydrogen-bond acceptors (Lipinski definition) is 4. The van der Waals surface area contributed by atoms with Crippen LogP contribution in [0.25, 0.3) is 0 Å². The Bertz CT molecular complexity index is 832. The number of ether oxygens (including phenoxy) is 1. The first-order valence-electron chi connectivity index (χ1n) is 7.83. The summed E-state index contributed by atoms with van der Waals surface area (Å²) < 4.78 is 19.1. The number of Topliss-reactive ketones (excluding diaryl/α,β-unsaturated/α-hetero) is 1. The summed E-state index contributed by atoms with van der Waals surface area (Å²) in [5.41, 5.74) is 0.676. The Hall–Kier alpha value is -3.02. The van der Waals surface area contributed by atoms with E-state index in [4.69, 9.17) is 4.74 Å². The number of rotatable bonds is 4. The third-order valence-corrected chi connectivity index (χ3v) is 4.08. The van der Waals surface area contributed by atoms with Crippen molar-refractivity contribution >= 4 is 23.3 Å². The van der Waals surface area contributed by atoms with E-state index in [0.717, 1.165) is 0 Å². The van der Waals surface area contributed by atoms with E-state index in [9.17, 15) is 18.8 Å². The van der Waals surface area contributed by atoms with Crippen molar-refractivity contribution in [2.45, 2.75) is 13.3 Å². The third-order valence-electron chi connectivity index (χ3n) is 4.08. The van der Waals surface area contributed by atoms with Crippen molar-refractivity contribution in [3.05, 3.63) is 59.9 Å². The van der Waals surface area contributed by atoms with E-state index < -0.39 is 17.7 Å². The summed E-state index contributed by atoms with van der Waals surface area (Å²) in [6.45, 7) is 1.52. The van der Waals surface area contributed by atoms with Crippen molar-refractivity contribution in [3.63, 3.8) is 0 Å². The van der Waals surface area contributed by atoms with Crippen molar-refractivity contribution in [1.29, 1.82) is 0 Å². The van der Waals surface area contributed by atoms with Crippen molar-refractivity contribution in [3.8, 4) is 5.75 Å². The van der Waals surface area contributed by atoms with Crippen molar-refractivity contribution in [2.75, 3.05) is 11.4 Å². The van der Waals surface area contributed by atoms with Crippen LogP contribution in [0, 0.1) is 11.7 Å². The zero-order valence-electron chi connectivity index (χ0n) is 13.6. The van der Waals surface area contributed by atoms with Gasteiger partial charge < -0.3 is 9.64 Å². The van der Waals surface area contributed by atoms with Gasteiger partial charge in [-0.3, -0.25) is 14.4 Å². The molecule has 2 aromatic carbocycles. The molecule has 5 nitrogen and oxygen atoms in total. The van der Waals surface area contributed by atoms with Gasteiger partial charge in [0.25, 0.3) is 0 Å². The summed E-state index contributed by atoms with van der Waals surface area (Å²) in [7, 11) is 0. The van der Waals surface area contributed by atoms with Crippen LogP contribution in [0.4, 0.5) is 10.1 Å². The summed E-state index contributed by atoms with van der Waals surface area (Å²) in [6, 6.07) is 12.1. The average Bonchev–Trinajstić information content (AvgIpc) is 2.97. The van der Waals surface area contributed by atoms with Crippen molar-refractivity contribution in [2.24, 2.45) is 5.92 Å². The maximum Gasteiger partial charge on any atom is 0.316 e. The molecule has 0 aliphatic carbocycles. The lowest BCUT2D eigenvalue weighted by Crippen LogP contribution is -2.28. The Balaban J connectivity index is 1.68. The maximum absolute atomic E-state index is 13.9. The quantitative estimate of drug-likeness (QED) is 0.487. The first kappa shape index (κ1) is 16.8. The van der Waals surface area contributed by atoms with E-state index in [0.29, 0.717) is 11.3 Å². The molecule has 0 spiro atoms. The van der Waals surface area contributed by atoms with Gasteiger partial charge in [-0.25, -0.2) is 4.39 Å². The topological polar surface area (TPSA) is 63.7 Å². The van der Waals surface area contributed by atoms with Gasteiger partial charge in [-0.1, -0.05) is 12.1 Å². The standard InChI is InChI=1S/C19H16FNO4/c1-12(22)13-6-8-15(9-7-13)25-19(24)14-10-18(23)21(11-14)17-5-3-2-4-16(17)20/h2-9,14H,10-11H2,1H3. The summed E-state index contributed by atoms with van der Waals surface area (Å²) in [5, 5.41) is 0. The second-order valence-corrected chi connectivity index (χ2v) is 5.86. The fraction of sp³-hybridized carbons (Fsp3) is 0.211. The highest BCUT2D eigenvalue weighted by Gasteiger charge is 2.37. The second kappa shape index (κ2) is 6.84. The summed E-state index contributed by atoms with van der Waals surface area (Å²) in [6.07, 6.45) is -0.0291. The van der Waals surface area contributed by atoms with Crippen LogP contribution in [0.1, 0.15) is 23.7 Å². The number of anilines is 1. The zero-order chi connectivity index (χ0) is 18.0. The second-order valence-electron chi connectivity index (χ2n) is 5.86. The van der Waals surface area contributed by atoms with Gasteiger partial charge in [0.05, 0.1) is 11.6 Å². The van der Waals surface area contributed by atoms with Crippen LogP contribution in [0.5, 0.6) is 5.75 Å². The molecule has 0 saturated carbocycles. The fourth-order valence-electron chi connectivity index (χ4n) is 2.73. The van der Waals surface area contributed by atoms with Crippen LogP contribution in [0.3, 0.4) is 0 Å². The SMILES string of the molecule is CC(=O)c1ccc(OC(=O)C2CC(=O)N(c3ccccc3F)C2)cc1. The maximum atomic E-state index is 13.9. The van der Waals surface area contributed by atoms with Crippen LogP contribution in [-0.4, -0.2) is 24.2 Å². The molecule has 1 saturated heterocycles. The van der Waals surface area contributed by atoms with Gasteiger partial charge in [-0.2, -0.15) is 0 Å². The minimum absolute atomic E-state index is 0.0291. The molecule has 1 atom stereocenters. The van der Waals surface area contributed by atoms with Gasteiger partial charge in [-0.15, -0.1) is 0 Å². The molecule has 0 aromatic heterocycles. The van der Waals surface area contributed by atoms with Gasteiger partial charge in [0.1, 0.15) is 11.6 Å². The third kappa shape index (κ3) is 3.57. The lowest BCUT2D eigenvalue weighted by atomic mass is 10.1. The summed E-state index contributed by atoms with van der Waals surface area (Å²) in [4.78, 5) is 36.9. The number of carbonyl (C=O) groups is 3. The highest BCUT2D eigenvalue weighted by atomic mass is 19.1. The molecule has 1 aliphatic rings. The number of halogens is 1. The predicted octanol–water partition coefficient (Wildman–Crippen LogP) is 2.99. The highest BCUT2D eigenvalue weighted by Crippen LogP contribution is 2.28. The molecule has 25 heavy (non-hydrogen) atoms. The first-order chi connectivity index (χ1) is 12.0. The van der Waals surface area contributed by atoms with Crippen molar-refractivity contribution in [1.82, 2.24) is 0 Å². The molecule has 1 aliphatic heterocycles. The van der Waals surface area contributed by atoms with E-state index in [2.05, 4.69) is 0 Å². The van der Waals surface area contributed by atoms with Crippen LogP contribution in [0.15, 0.2) is 48.5 Å². The monoisotopic (exact) mass is 341 g/mol. The molecular weight excluding hydrogens is 325 g/mol. The van der Waals surface area contributed by atoms with Crippen LogP contribution in [0.2, 0.25) is 0 Å². The molecule has 1 unspecified atom stereocenters. The van der Waals surface area contributed by atoms with Gasteiger partial charge in [0.2, 0.25) is 5.91 Å². The fourth-order valence-corrected chi connectivity index (χ4v) is 2.73. The molecule has 128 valence electrons. The molecule has 3 rings (SSSR count). The Kier molecular flexibility index (Phi) is 4.61. The van der Waals surface area contributed by atoms with Gasteiger partial charge >= 0.3 is 5.97 Å². The number of nitrogens with zero attached hydrogens (tertiary/aromatic N) is 1. The molecule has 2 aromatic rings. The van der Waals surface area contributed by atoms with Gasteiger partial charge in [0, 0.05) is 18.5 Å². The zero-order valence-corrected chi connectivity index (χ0v) is 13.6. The number of amides is 1. The normalized spacial score (nSPS) is 16.8. The van der Waals surface area contributed by atoms with E-state index in [1.165, 1.54) is 42.2 Å². The van der Waals surface area contributed by atoms with E-state index >= 15 is 0 Å².